The van der Waals surface area contributed by atoms with Gasteiger partial charge >= 0.3 is 0 Å². The lowest BCUT2D eigenvalue weighted by atomic mass is 10.00. The molecule has 1 aliphatic rings. The van der Waals surface area contributed by atoms with E-state index in [4.69, 9.17) is 10.2 Å². The average Bonchev–Trinajstić information content (AvgIpc) is 2.77. The first-order valence-corrected chi connectivity index (χ1v) is 6.34. The number of nitrogens with zero attached hydrogens (tertiary/aromatic N) is 1. The van der Waals surface area contributed by atoms with Crippen molar-refractivity contribution >= 4 is 0 Å². The van der Waals surface area contributed by atoms with Gasteiger partial charge in [-0.05, 0) is 31.9 Å². The molecule has 1 aliphatic heterocycles. The highest BCUT2D eigenvalue weighted by Crippen LogP contribution is 2.22. The van der Waals surface area contributed by atoms with E-state index in [1.807, 2.05) is 0 Å². The van der Waals surface area contributed by atoms with Gasteiger partial charge in [0.05, 0.1) is 12.8 Å². The van der Waals surface area contributed by atoms with Gasteiger partial charge in [0.15, 0.2) is 0 Å². The van der Waals surface area contributed by atoms with Crippen LogP contribution in [0.25, 0.3) is 0 Å². The van der Waals surface area contributed by atoms with Crippen LogP contribution in [0.3, 0.4) is 0 Å². The number of rotatable bonds is 4. The van der Waals surface area contributed by atoms with E-state index in [9.17, 15) is 0 Å². The van der Waals surface area contributed by atoms with E-state index in [1.54, 1.807) is 6.26 Å². The predicted molar refractivity (Wildman–Crippen MR) is 64.9 cm³/mol. The van der Waals surface area contributed by atoms with Crippen molar-refractivity contribution in [3.63, 3.8) is 0 Å². The maximum atomic E-state index is 5.58. The lowest BCUT2D eigenvalue weighted by molar-refractivity contribution is 0.126. The number of furan rings is 1. The Bertz CT molecular complexity index is 321. The van der Waals surface area contributed by atoms with Crippen LogP contribution in [0.4, 0.5) is 0 Å². The standard InChI is InChI=1S/C13H22N2O/c1-2-12-5-3-4-6-15(12)9-13-7-11(8-14)10-16-13/h7,10,12H,2-6,8-9,14H2,1H3. The second-order valence-electron chi connectivity index (χ2n) is 4.65. The second-order valence-corrected chi connectivity index (χ2v) is 4.65. The summed E-state index contributed by atoms with van der Waals surface area (Å²) < 4.78 is 5.53. The van der Waals surface area contributed by atoms with E-state index >= 15 is 0 Å². The lowest BCUT2D eigenvalue weighted by Crippen LogP contribution is -2.38. The monoisotopic (exact) mass is 222 g/mol. The molecule has 1 atom stereocenters. The number of hydrogen-bond acceptors (Lipinski definition) is 3. The molecule has 1 aromatic rings. The van der Waals surface area contributed by atoms with Crippen molar-refractivity contribution < 1.29 is 4.42 Å². The Balaban J connectivity index is 1.96. The molecule has 0 bridgehead atoms. The molecule has 3 nitrogen and oxygen atoms in total. The Hall–Kier alpha value is -0.800. The van der Waals surface area contributed by atoms with Gasteiger partial charge in [0, 0.05) is 18.2 Å². The Morgan fingerprint density at radius 3 is 3.06 bits per heavy atom. The molecule has 90 valence electrons. The quantitative estimate of drug-likeness (QED) is 0.851. The van der Waals surface area contributed by atoms with Crippen LogP contribution in [0.5, 0.6) is 0 Å². The highest BCUT2D eigenvalue weighted by molar-refractivity contribution is 5.12. The summed E-state index contributed by atoms with van der Waals surface area (Å²) in [6.07, 6.45) is 7.05. The minimum Gasteiger partial charge on any atom is -0.468 e. The molecule has 0 radical (unpaired) electrons. The third-order valence-electron chi connectivity index (χ3n) is 3.52. The molecule has 2 heterocycles. The molecule has 2 rings (SSSR count). The maximum Gasteiger partial charge on any atom is 0.118 e. The van der Waals surface area contributed by atoms with Crippen LogP contribution in [0.2, 0.25) is 0 Å². The van der Waals surface area contributed by atoms with Crippen molar-refractivity contribution in [2.75, 3.05) is 6.54 Å². The number of nitrogens with two attached hydrogens (primary N) is 1. The number of hydrogen-bond donors (Lipinski definition) is 1. The normalized spacial score (nSPS) is 22.5. The van der Waals surface area contributed by atoms with Gasteiger partial charge in [-0.1, -0.05) is 13.3 Å². The molecule has 0 aliphatic carbocycles. The maximum absolute atomic E-state index is 5.58. The van der Waals surface area contributed by atoms with Crippen molar-refractivity contribution in [2.24, 2.45) is 5.73 Å². The number of piperidine rings is 1. The second kappa shape index (κ2) is 5.51. The van der Waals surface area contributed by atoms with E-state index in [0.717, 1.165) is 23.9 Å². The van der Waals surface area contributed by atoms with E-state index in [0.29, 0.717) is 6.54 Å². The smallest absolute Gasteiger partial charge is 0.118 e. The first kappa shape index (κ1) is 11.7. The molecule has 1 aromatic heterocycles. The Kier molecular flexibility index (Phi) is 4.02. The van der Waals surface area contributed by atoms with Crippen LogP contribution < -0.4 is 5.73 Å². The molecular weight excluding hydrogens is 200 g/mol. The molecule has 3 heteroatoms. The van der Waals surface area contributed by atoms with Crippen LogP contribution in [0.15, 0.2) is 16.7 Å². The van der Waals surface area contributed by atoms with Crippen molar-refractivity contribution in [2.45, 2.75) is 51.7 Å². The first-order chi connectivity index (χ1) is 7.83. The molecule has 1 fully saturated rings. The molecule has 0 spiro atoms. The van der Waals surface area contributed by atoms with Crippen LogP contribution in [-0.4, -0.2) is 17.5 Å². The Labute approximate surface area is 97.6 Å². The van der Waals surface area contributed by atoms with Crippen molar-refractivity contribution in [1.29, 1.82) is 0 Å². The molecule has 1 saturated heterocycles. The summed E-state index contributed by atoms with van der Waals surface area (Å²) in [4.78, 5) is 2.54. The molecule has 0 amide bonds. The van der Waals surface area contributed by atoms with Crippen molar-refractivity contribution in [1.82, 2.24) is 4.90 Å². The SMILES string of the molecule is CCC1CCCCN1Cc1cc(CN)co1. The van der Waals surface area contributed by atoms with Gasteiger partial charge in [-0.15, -0.1) is 0 Å². The fraction of sp³-hybridized carbons (Fsp3) is 0.692. The van der Waals surface area contributed by atoms with Gasteiger partial charge in [-0.2, -0.15) is 0 Å². The fourth-order valence-electron chi connectivity index (χ4n) is 2.55. The summed E-state index contributed by atoms with van der Waals surface area (Å²) in [5, 5.41) is 0. The zero-order valence-corrected chi connectivity index (χ0v) is 10.1. The van der Waals surface area contributed by atoms with Gasteiger partial charge in [-0.3, -0.25) is 4.90 Å². The summed E-state index contributed by atoms with van der Waals surface area (Å²) in [6, 6.07) is 2.82. The Morgan fingerprint density at radius 2 is 2.38 bits per heavy atom. The third kappa shape index (κ3) is 2.66. The zero-order valence-electron chi connectivity index (χ0n) is 10.1. The van der Waals surface area contributed by atoms with E-state index in [1.165, 1.54) is 32.2 Å². The van der Waals surface area contributed by atoms with Gasteiger partial charge in [-0.25, -0.2) is 0 Å². The molecule has 2 N–H and O–H groups in total. The van der Waals surface area contributed by atoms with E-state index < -0.39 is 0 Å². The average molecular weight is 222 g/mol. The molecule has 0 aromatic carbocycles. The minimum atomic E-state index is 0.570. The van der Waals surface area contributed by atoms with E-state index in [-0.39, 0.29) is 0 Å². The zero-order chi connectivity index (χ0) is 11.4. The largest absolute Gasteiger partial charge is 0.468 e. The molecular formula is C13H22N2O. The molecule has 0 saturated carbocycles. The van der Waals surface area contributed by atoms with Crippen LogP contribution >= 0.6 is 0 Å². The van der Waals surface area contributed by atoms with Crippen molar-refractivity contribution in [3.05, 3.63) is 23.7 Å². The first-order valence-electron chi connectivity index (χ1n) is 6.34. The summed E-state index contributed by atoms with van der Waals surface area (Å²) in [5.74, 6) is 1.06. The Morgan fingerprint density at radius 1 is 1.50 bits per heavy atom. The predicted octanol–water partition coefficient (Wildman–Crippen LogP) is 2.50. The summed E-state index contributed by atoms with van der Waals surface area (Å²) in [7, 11) is 0. The summed E-state index contributed by atoms with van der Waals surface area (Å²) in [5.41, 5.74) is 6.67. The molecule has 1 unspecified atom stereocenters. The topological polar surface area (TPSA) is 42.4 Å². The van der Waals surface area contributed by atoms with Crippen LogP contribution in [0.1, 0.15) is 43.9 Å². The fourth-order valence-corrected chi connectivity index (χ4v) is 2.55. The van der Waals surface area contributed by atoms with Gasteiger partial charge in [0.1, 0.15) is 5.76 Å². The lowest BCUT2D eigenvalue weighted by Gasteiger charge is -2.34. The van der Waals surface area contributed by atoms with Gasteiger partial charge in [0.2, 0.25) is 0 Å². The van der Waals surface area contributed by atoms with Gasteiger partial charge in [0.25, 0.3) is 0 Å². The summed E-state index contributed by atoms with van der Waals surface area (Å²) >= 11 is 0. The van der Waals surface area contributed by atoms with E-state index in [2.05, 4.69) is 17.9 Å². The third-order valence-corrected chi connectivity index (χ3v) is 3.52. The highest BCUT2D eigenvalue weighted by atomic mass is 16.3. The van der Waals surface area contributed by atoms with Crippen molar-refractivity contribution in [3.8, 4) is 0 Å². The minimum absolute atomic E-state index is 0.570. The van der Waals surface area contributed by atoms with Gasteiger partial charge < -0.3 is 10.2 Å². The van der Waals surface area contributed by atoms with Crippen LogP contribution in [0, 0.1) is 0 Å². The highest BCUT2D eigenvalue weighted by Gasteiger charge is 2.21. The molecule has 16 heavy (non-hydrogen) atoms. The summed E-state index contributed by atoms with van der Waals surface area (Å²) in [6.45, 7) is 4.99. The van der Waals surface area contributed by atoms with Crippen LogP contribution in [-0.2, 0) is 13.1 Å². The number of likely N-dealkylation sites (tertiary alicyclic amines) is 1.